The van der Waals surface area contributed by atoms with Crippen LogP contribution in [0.3, 0.4) is 0 Å². The van der Waals surface area contributed by atoms with E-state index in [9.17, 15) is 4.79 Å². The molecular weight excluding hydrogens is 455 g/mol. The van der Waals surface area contributed by atoms with Crippen molar-refractivity contribution in [3.63, 3.8) is 0 Å². The number of fused-ring (bicyclic) bond motifs is 1. The number of carbonyl (C=O) groups excluding carboxylic acids is 1. The van der Waals surface area contributed by atoms with E-state index < -0.39 is 0 Å². The summed E-state index contributed by atoms with van der Waals surface area (Å²) in [4.78, 5) is 15.9. The van der Waals surface area contributed by atoms with Crippen molar-refractivity contribution >= 4 is 46.6 Å². The second-order valence-electron chi connectivity index (χ2n) is 6.98. The molecule has 0 atom stereocenters. The lowest BCUT2D eigenvalue weighted by molar-refractivity contribution is -0.121. The third kappa shape index (κ3) is 8.03. The van der Waals surface area contributed by atoms with Crippen molar-refractivity contribution < 1.29 is 9.53 Å². The van der Waals surface area contributed by atoms with E-state index in [1.807, 2.05) is 51.1 Å². The Morgan fingerprint density at radius 2 is 1.78 bits per heavy atom. The van der Waals surface area contributed by atoms with E-state index >= 15 is 0 Å². The smallest absolute Gasteiger partial charge is 0.239 e. The van der Waals surface area contributed by atoms with Gasteiger partial charge in [-0.05, 0) is 32.2 Å². The third-order valence-corrected chi connectivity index (χ3v) is 3.56. The first-order valence-corrected chi connectivity index (χ1v) is 8.75. The van der Waals surface area contributed by atoms with Gasteiger partial charge in [0, 0.05) is 18.0 Å². The highest BCUT2D eigenvalue weighted by molar-refractivity contribution is 14.0. The second kappa shape index (κ2) is 11.0. The van der Waals surface area contributed by atoms with Gasteiger partial charge in [-0.2, -0.15) is 0 Å². The normalized spacial score (nSPS) is 11.5. The molecule has 2 rings (SSSR count). The first-order valence-electron chi connectivity index (χ1n) is 8.75. The van der Waals surface area contributed by atoms with Gasteiger partial charge < -0.3 is 20.7 Å². The van der Waals surface area contributed by atoms with Gasteiger partial charge in [0.1, 0.15) is 12.4 Å². The molecule has 7 heteroatoms. The van der Waals surface area contributed by atoms with Gasteiger partial charge in [-0.15, -0.1) is 24.0 Å². The highest BCUT2D eigenvalue weighted by atomic mass is 127. The Balaban J connectivity index is 0.00000364. The minimum atomic E-state index is -0.248. The first kappa shape index (κ1) is 23.0. The maximum atomic E-state index is 11.8. The standard InChI is InChI=1S/C20H28N4O2.HI/c1-20(2,3)24-18(25)14-23-19(21-4)22-12-13-26-17-11-7-9-15-8-5-6-10-16(15)17;/h5-11H,12-14H2,1-4H3,(H,24,25)(H2,21,22,23);1H. The molecule has 0 bridgehead atoms. The van der Waals surface area contributed by atoms with Gasteiger partial charge in [0.15, 0.2) is 5.96 Å². The molecule has 2 aromatic carbocycles. The zero-order valence-electron chi connectivity index (χ0n) is 16.3. The molecule has 0 radical (unpaired) electrons. The fraction of sp³-hybridized carbons (Fsp3) is 0.400. The van der Waals surface area contributed by atoms with Gasteiger partial charge in [0.25, 0.3) is 0 Å². The Bertz CT molecular complexity index is 767. The average molecular weight is 484 g/mol. The van der Waals surface area contributed by atoms with Crippen molar-refractivity contribution in [2.75, 3.05) is 26.7 Å². The van der Waals surface area contributed by atoms with E-state index in [0.717, 1.165) is 16.5 Å². The molecule has 1 amide bonds. The predicted molar refractivity (Wildman–Crippen MR) is 122 cm³/mol. The number of carbonyl (C=O) groups is 1. The lowest BCUT2D eigenvalue weighted by Crippen LogP contribution is -2.48. The van der Waals surface area contributed by atoms with Crippen LogP contribution in [0, 0.1) is 0 Å². The van der Waals surface area contributed by atoms with Crippen molar-refractivity contribution in [3.05, 3.63) is 42.5 Å². The molecule has 0 heterocycles. The maximum absolute atomic E-state index is 11.8. The number of amides is 1. The molecule has 0 fully saturated rings. The van der Waals surface area contributed by atoms with Crippen LogP contribution in [0.1, 0.15) is 20.8 Å². The van der Waals surface area contributed by atoms with E-state index in [2.05, 4.69) is 33.1 Å². The molecular formula is C20H29IN4O2. The molecule has 6 nitrogen and oxygen atoms in total. The number of benzene rings is 2. The van der Waals surface area contributed by atoms with Gasteiger partial charge in [-0.1, -0.05) is 36.4 Å². The van der Waals surface area contributed by atoms with Gasteiger partial charge in [0.2, 0.25) is 5.91 Å². The lowest BCUT2D eigenvalue weighted by Gasteiger charge is -2.21. The largest absolute Gasteiger partial charge is 0.491 e. The summed E-state index contributed by atoms with van der Waals surface area (Å²) in [6.45, 7) is 7.07. The number of guanidine groups is 1. The van der Waals surface area contributed by atoms with E-state index in [4.69, 9.17) is 4.74 Å². The summed E-state index contributed by atoms with van der Waals surface area (Å²) in [7, 11) is 1.67. The number of nitrogens with one attached hydrogen (secondary N) is 3. The van der Waals surface area contributed by atoms with Gasteiger partial charge in [-0.25, -0.2) is 0 Å². The minimum Gasteiger partial charge on any atom is -0.491 e. The van der Waals surface area contributed by atoms with Crippen LogP contribution in [-0.2, 0) is 4.79 Å². The van der Waals surface area contributed by atoms with Crippen LogP contribution < -0.4 is 20.7 Å². The van der Waals surface area contributed by atoms with Gasteiger partial charge in [0.05, 0.1) is 13.1 Å². The molecule has 0 aromatic heterocycles. The molecule has 0 spiro atoms. The summed E-state index contributed by atoms with van der Waals surface area (Å²) in [6, 6.07) is 14.1. The Labute approximate surface area is 178 Å². The third-order valence-electron chi connectivity index (χ3n) is 3.56. The number of rotatable bonds is 6. The zero-order chi connectivity index (χ0) is 19.0. The van der Waals surface area contributed by atoms with Crippen molar-refractivity contribution in [2.45, 2.75) is 26.3 Å². The van der Waals surface area contributed by atoms with Crippen LogP contribution in [0.15, 0.2) is 47.5 Å². The van der Waals surface area contributed by atoms with Crippen LogP contribution in [0.5, 0.6) is 5.75 Å². The Morgan fingerprint density at radius 1 is 1.07 bits per heavy atom. The van der Waals surface area contributed by atoms with E-state index in [1.54, 1.807) is 7.05 Å². The number of halogens is 1. The molecule has 0 aliphatic rings. The zero-order valence-corrected chi connectivity index (χ0v) is 18.7. The number of hydrogen-bond donors (Lipinski definition) is 3. The summed E-state index contributed by atoms with van der Waals surface area (Å²) in [5.41, 5.74) is -0.248. The minimum absolute atomic E-state index is 0. The molecule has 27 heavy (non-hydrogen) atoms. The molecule has 0 saturated heterocycles. The summed E-state index contributed by atoms with van der Waals surface area (Å²) in [5.74, 6) is 1.35. The Kier molecular flexibility index (Phi) is 9.34. The fourth-order valence-electron chi connectivity index (χ4n) is 2.50. The van der Waals surface area contributed by atoms with Gasteiger partial charge >= 0.3 is 0 Å². The van der Waals surface area contributed by atoms with Crippen molar-refractivity contribution in [3.8, 4) is 5.75 Å². The quantitative estimate of drug-likeness (QED) is 0.255. The average Bonchev–Trinajstić information content (AvgIpc) is 2.59. The first-order chi connectivity index (χ1) is 12.4. The molecule has 0 saturated carbocycles. The van der Waals surface area contributed by atoms with Crippen LogP contribution in [0.4, 0.5) is 0 Å². The summed E-state index contributed by atoms with van der Waals surface area (Å²) >= 11 is 0. The fourth-order valence-corrected chi connectivity index (χ4v) is 2.50. The van der Waals surface area contributed by atoms with Crippen LogP contribution in [0.2, 0.25) is 0 Å². The molecule has 3 N–H and O–H groups in total. The van der Waals surface area contributed by atoms with Gasteiger partial charge in [-0.3, -0.25) is 9.79 Å². The van der Waals surface area contributed by atoms with E-state index in [1.165, 1.54) is 0 Å². The van der Waals surface area contributed by atoms with Crippen molar-refractivity contribution in [1.82, 2.24) is 16.0 Å². The lowest BCUT2D eigenvalue weighted by atomic mass is 10.1. The molecule has 0 unspecified atom stereocenters. The van der Waals surface area contributed by atoms with Crippen molar-refractivity contribution in [2.24, 2.45) is 4.99 Å². The maximum Gasteiger partial charge on any atom is 0.239 e. The Morgan fingerprint density at radius 3 is 2.48 bits per heavy atom. The monoisotopic (exact) mass is 484 g/mol. The van der Waals surface area contributed by atoms with Crippen LogP contribution in [-0.4, -0.2) is 44.1 Å². The van der Waals surface area contributed by atoms with E-state index in [0.29, 0.717) is 19.1 Å². The van der Waals surface area contributed by atoms with Crippen molar-refractivity contribution in [1.29, 1.82) is 0 Å². The summed E-state index contributed by atoms with van der Waals surface area (Å²) in [6.07, 6.45) is 0. The predicted octanol–water partition coefficient (Wildman–Crippen LogP) is 2.92. The SMILES string of the molecule is CN=C(NCCOc1cccc2ccccc12)NCC(=O)NC(C)(C)C.I. The number of nitrogens with zero attached hydrogens (tertiary/aromatic N) is 1. The number of aliphatic imine (C=N–C) groups is 1. The summed E-state index contributed by atoms with van der Waals surface area (Å²) < 4.78 is 5.88. The topological polar surface area (TPSA) is 74.8 Å². The molecule has 0 aliphatic carbocycles. The molecule has 2 aromatic rings. The highest BCUT2D eigenvalue weighted by Gasteiger charge is 2.13. The van der Waals surface area contributed by atoms with Crippen LogP contribution >= 0.6 is 24.0 Å². The summed E-state index contributed by atoms with van der Waals surface area (Å²) in [5, 5.41) is 11.3. The molecule has 148 valence electrons. The van der Waals surface area contributed by atoms with Crippen LogP contribution in [0.25, 0.3) is 10.8 Å². The number of hydrogen-bond acceptors (Lipinski definition) is 3. The molecule has 0 aliphatic heterocycles. The number of ether oxygens (including phenoxy) is 1. The highest BCUT2D eigenvalue weighted by Crippen LogP contribution is 2.24. The Hall–Kier alpha value is -2.03. The second-order valence-corrected chi connectivity index (χ2v) is 6.98. The van der Waals surface area contributed by atoms with E-state index in [-0.39, 0.29) is 42.0 Å².